The maximum atomic E-state index is 13.9. The van der Waals surface area contributed by atoms with E-state index in [0.29, 0.717) is 64.6 Å². The van der Waals surface area contributed by atoms with Gasteiger partial charge in [-0.1, -0.05) is 74.5 Å². The van der Waals surface area contributed by atoms with Crippen molar-refractivity contribution < 1.29 is 24.0 Å². The number of unbranched alkanes of at least 4 members (excludes halogenated alkanes) is 1. The highest BCUT2D eigenvalue weighted by molar-refractivity contribution is 5.95. The Balaban J connectivity index is 1.74. The molecule has 0 saturated carbocycles. The van der Waals surface area contributed by atoms with Gasteiger partial charge in [-0.25, -0.2) is 4.79 Å². The molecule has 1 heterocycles. The molecule has 4 unspecified atom stereocenters. The van der Waals surface area contributed by atoms with Crippen LogP contribution in [0.4, 0.5) is 4.79 Å². The van der Waals surface area contributed by atoms with Crippen molar-refractivity contribution in [2.75, 3.05) is 26.7 Å². The molecule has 0 aromatic heterocycles. The van der Waals surface area contributed by atoms with Gasteiger partial charge in [0, 0.05) is 32.6 Å². The summed E-state index contributed by atoms with van der Waals surface area (Å²) in [7, 11) is 1.56. The zero-order valence-corrected chi connectivity index (χ0v) is 29.7. The zero-order valence-electron chi connectivity index (χ0n) is 29.7. The molecule has 0 bridgehead atoms. The number of carbonyl (C=O) groups is 5. The molecule has 1 saturated heterocycles. The van der Waals surface area contributed by atoms with E-state index in [9.17, 15) is 24.0 Å². The molecule has 1 fully saturated rings. The van der Waals surface area contributed by atoms with E-state index in [0.717, 1.165) is 11.1 Å². The third kappa shape index (κ3) is 13.4. The van der Waals surface area contributed by atoms with Crippen LogP contribution in [-0.4, -0.2) is 91.5 Å². The highest BCUT2D eigenvalue weighted by atomic mass is 16.2. The molecule has 4 atom stereocenters. The van der Waals surface area contributed by atoms with Crippen molar-refractivity contribution in [1.29, 1.82) is 0 Å². The highest BCUT2D eigenvalue weighted by Crippen LogP contribution is 2.15. The van der Waals surface area contributed by atoms with E-state index in [1.165, 1.54) is 0 Å². The van der Waals surface area contributed by atoms with Crippen molar-refractivity contribution in [3.05, 3.63) is 71.8 Å². The molecule has 13 nitrogen and oxygen atoms in total. The molecule has 13 heteroatoms. The summed E-state index contributed by atoms with van der Waals surface area (Å²) in [5, 5.41) is 14.1. The molecule has 0 aliphatic carbocycles. The van der Waals surface area contributed by atoms with Crippen LogP contribution in [0.15, 0.2) is 60.7 Å². The number of benzene rings is 2. The molecule has 1 aliphatic heterocycles. The number of rotatable bonds is 18. The van der Waals surface area contributed by atoms with Gasteiger partial charge in [-0.3, -0.25) is 19.2 Å². The lowest BCUT2D eigenvalue weighted by atomic mass is 9.99. The largest absolute Gasteiger partial charge is 0.343 e. The Bertz CT molecular complexity index is 1370. The summed E-state index contributed by atoms with van der Waals surface area (Å²) in [6.45, 7) is 5.23. The Hall–Kier alpha value is -4.49. The minimum atomic E-state index is -0.999. The third-order valence-corrected chi connectivity index (χ3v) is 8.82. The van der Waals surface area contributed by atoms with Gasteiger partial charge in [-0.15, -0.1) is 0 Å². The molecule has 9 N–H and O–H groups in total. The minimum Gasteiger partial charge on any atom is -0.343 e. The van der Waals surface area contributed by atoms with Crippen LogP contribution in [0.1, 0.15) is 63.5 Å². The predicted octanol–water partition coefficient (Wildman–Crippen LogP) is 1.35. The van der Waals surface area contributed by atoms with E-state index in [-0.39, 0.29) is 30.3 Å². The van der Waals surface area contributed by atoms with Crippen LogP contribution in [0.25, 0.3) is 0 Å². The fourth-order valence-electron chi connectivity index (χ4n) is 6.02. The van der Waals surface area contributed by atoms with E-state index in [4.69, 9.17) is 11.5 Å². The van der Waals surface area contributed by atoms with E-state index in [1.54, 1.807) is 11.9 Å². The molecule has 3 rings (SSSR count). The minimum absolute atomic E-state index is 0.0331. The number of nitrogens with two attached hydrogens (primary N) is 2. The fraction of sp³-hybridized carbons (Fsp3) is 0.541. The average molecular weight is 693 g/mol. The molecule has 6 amide bonds. The first-order chi connectivity index (χ1) is 24.0. The second kappa shape index (κ2) is 20.9. The van der Waals surface area contributed by atoms with E-state index < -0.39 is 41.9 Å². The molecule has 0 spiro atoms. The number of nitrogens with zero attached hydrogens (tertiary/aromatic N) is 1. The second-order valence-corrected chi connectivity index (χ2v) is 13.4. The first kappa shape index (κ1) is 39.9. The number of urea groups is 1. The monoisotopic (exact) mass is 692 g/mol. The summed E-state index contributed by atoms with van der Waals surface area (Å²) >= 11 is 0. The number of nitrogens with one attached hydrogen (secondary N) is 5. The Kier molecular flexibility index (Phi) is 16.7. The molecular weight excluding hydrogens is 636 g/mol. The van der Waals surface area contributed by atoms with Gasteiger partial charge >= 0.3 is 6.03 Å². The van der Waals surface area contributed by atoms with Crippen molar-refractivity contribution in [1.82, 2.24) is 31.5 Å². The standard InChI is InChI=1S/C37H56N8O5/c1-25(2)22-31(34(47)42-30(16-10-11-19-38)36(49)45-20-17-28(18-21-45)41-37(50)40-3)44-35(48)32(24-27-14-8-5-9-15-27)43-33(46)29(39)23-26-12-6-4-7-13-26/h4-9,12-15,25,28-32H,10-11,16-24,38-39H2,1-3H3,(H,42,47)(H,43,46)(H,44,48)(H2,40,41,50). The lowest BCUT2D eigenvalue weighted by Crippen LogP contribution is -2.59. The average Bonchev–Trinajstić information content (AvgIpc) is 3.11. The summed E-state index contributed by atoms with van der Waals surface area (Å²) in [6.07, 6.45) is 3.72. The zero-order chi connectivity index (χ0) is 36.5. The first-order valence-electron chi connectivity index (χ1n) is 17.7. The smallest absolute Gasteiger partial charge is 0.314 e. The molecule has 50 heavy (non-hydrogen) atoms. The maximum Gasteiger partial charge on any atom is 0.314 e. The van der Waals surface area contributed by atoms with Gasteiger partial charge in [0.05, 0.1) is 6.04 Å². The second-order valence-electron chi connectivity index (χ2n) is 13.4. The topological polar surface area (TPSA) is 201 Å². The lowest BCUT2D eigenvalue weighted by molar-refractivity contribution is -0.138. The lowest BCUT2D eigenvalue weighted by Gasteiger charge is -2.35. The van der Waals surface area contributed by atoms with Crippen molar-refractivity contribution in [3.63, 3.8) is 0 Å². The van der Waals surface area contributed by atoms with Crippen LogP contribution in [0.5, 0.6) is 0 Å². The Morgan fingerprint density at radius 2 is 1.30 bits per heavy atom. The van der Waals surface area contributed by atoms with Crippen molar-refractivity contribution in [2.45, 2.75) is 95.4 Å². The molecular formula is C37H56N8O5. The van der Waals surface area contributed by atoms with Crippen LogP contribution in [0, 0.1) is 5.92 Å². The van der Waals surface area contributed by atoms with Crippen LogP contribution in [0.3, 0.4) is 0 Å². The van der Waals surface area contributed by atoms with E-state index in [1.807, 2.05) is 74.5 Å². The number of likely N-dealkylation sites (tertiary alicyclic amines) is 1. The van der Waals surface area contributed by atoms with E-state index >= 15 is 0 Å². The normalized spacial score (nSPS) is 15.7. The fourth-order valence-corrected chi connectivity index (χ4v) is 6.02. The van der Waals surface area contributed by atoms with Gasteiger partial charge in [-0.05, 0) is 68.5 Å². The third-order valence-electron chi connectivity index (χ3n) is 8.82. The summed E-state index contributed by atoms with van der Waals surface area (Å²) in [6, 6.07) is 14.7. The van der Waals surface area contributed by atoms with Crippen molar-refractivity contribution >= 4 is 29.7 Å². The predicted molar refractivity (Wildman–Crippen MR) is 194 cm³/mol. The Labute approximate surface area is 296 Å². The molecule has 1 aliphatic rings. The quantitative estimate of drug-likeness (QED) is 0.114. The summed E-state index contributed by atoms with van der Waals surface area (Å²) in [5.74, 6) is -1.64. The van der Waals surface area contributed by atoms with Crippen molar-refractivity contribution in [3.8, 4) is 0 Å². The summed E-state index contributed by atoms with van der Waals surface area (Å²) < 4.78 is 0. The van der Waals surface area contributed by atoms with Crippen LogP contribution in [-0.2, 0) is 32.0 Å². The number of amides is 6. The van der Waals surface area contributed by atoms with Gasteiger partial charge in [0.25, 0.3) is 0 Å². The SMILES string of the molecule is CNC(=O)NC1CCN(C(=O)C(CCCCN)NC(=O)C(CC(C)C)NC(=O)C(Cc2ccccc2)NC(=O)C(N)Cc2ccccc2)CC1. The molecule has 274 valence electrons. The summed E-state index contributed by atoms with van der Waals surface area (Å²) in [4.78, 5) is 68.3. The number of hydrogen-bond acceptors (Lipinski definition) is 7. The first-order valence-corrected chi connectivity index (χ1v) is 17.7. The maximum absolute atomic E-state index is 13.9. The molecule has 2 aromatic rings. The Morgan fingerprint density at radius 3 is 1.86 bits per heavy atom. The number of carbonyl (C=O) groups excluding carboxylic acids is 5. The number of hydrogen-bond donors (Lipinski definition) is 7. The molecule has 0 radical (unpaired) electrons. The van der Waals surface area contributed by atoms with Gasteiger partial charge in [0.1, 0.15) is 18.1 Å². The molecule has 2 aromatic carbocycles. The van der Waals surface area contributed by atoms with Gasteiger partial charge in [-0.2, -0.15) is 0 Å². The van der Waals surface area contributed by atoms with Crippen molar-refractivity contribution in [2.24, 2.45) is 17.4 Å². The highest BCUT2D eigenvalue weighted by Gasteiger charge is 2.33. The Morgan fingerprint density at radius 1 is 0.760 bits per heavy atom. The van der Waals surface area contributed by atoms with Gasteiger partial charge in [0.2, 0.25) is 23.6 Å². The van der Waals surface area contributed by atoms with Crippen LogP contribution < -0.4 is 38.1 Å². The summed E-state index contributed by atoms with van der Waals surface area (Å²) in [5.41, 5.74) is 13.7. The van der Waals surface area contributed by atoms with Gasteiger partial charge in [0.15, 0.2) is 0 Å². The van der Waals surface area contributed by atoms with Crippen LogP contribution in [0.2, 0.25) is 0 Å². The van der Waals surface area contributed by atoms with Crippen LogP contribution >= 0.6 is 0 Å². The van der Waals surface area contributed by atoms with Gasteiger partial charge < -0.3 is 43.0 Å². The number of piperidine rings is 1. The van der Waals surface area contributed by atoms with E-state index in [2.05, 4.69) is 26.6 Å².